The van der Waals surface area contributed by atoms with Gasteiger partial charge in [0, 0.05) is 23.5 Å². The van der Waals surface area contributed by atoms with Gasteiger partial charge in [0.15, 0.2) is 0 Å². The highest BCUT2D eigenvalue weighted by atomic mass is 16.4. The Kier molecular flexibility index (Phi) is 4.07. The van der Waals surface area contributed by atoms with Gasteiger partial charge >= 0.3 is 5.97 Å². The van der Waals surface area contributed by atoms with Crippen LogP contribution < -0.4 is 10.9 Å². The summed E-state index contributed by atoms with van der Waals surface area (Å²) in [7, 11) is 0. The molecule has 21 heavy (non-hydrogen) atoms. The topological polar surface area (TPSA) is 95.5 Å². The largest absolute Gasteiger partial charge is 0.478 e. The van der Waals surface area contributed by atoms with Gasteiger partial charge < -0.3 is 5.11 Å². The molecule has 3 N–H and O–H groups in total. The van der Waals surface area contributed by atoms with E-state index in [4.69, 9.17) is 5.11 Å². The molecule has 1 aliphatic rings. The van der Waals surface area contributed by atoms with Gasteiger partial charge in [-0.15, -0.1) is 0 Å². The Morgan fingerprint density at radius 1 is 1.19 bits per heavy atom. The van der Waals surface area contributed by atoms with Crippen molar-refractivity contribution in [1.29, 1.82) is 0 Å². The molecule has 0 bridgehead atoms. The van der Waals surface area contributed by atoms with Crippen molar-refractivity contribution in [3.63, 3.8) is 0 Å². The third kappa shape index (κ3) is 3.47. The van der Waals surface area contributed by atoms with Crippen LogP contribution in [0.25, 0.3) is 0 Å². The molecule has 0 saturated heterocycles. The molecule has 2 amide bonds. The van der Waals surface area contributed by atoms with Gasteiger partial charge in [0.1, 0.15) is 0 Å². The molecule has 110 valence electrons. The molecule has 0 aromatic heterocycles. The number of benzene rings is 1. The number of hydrogen-bond acceptors (Lipinski definition) is 3. The van der Waals surface area contributed by atoms with Crippen LogP contribution in [0.2, 0.25) is 0 Å². The number of hydrogen-bond donors (Lipinski definition) is 3. The van der Waals surface area contributed by atoms with Crippen LogP contribution in [0, 0.1) is 5.92 Å². The first-order valence-corrected chi connectivity index (χ1v) is 6.50. The highest BCUT2D eigenvalue weighted by Crippen LogP contribution is 2.53. The molecule has 0 radical (unpaired) electrons. The molecule has 0 unspecified atom stereocenters. The lowest BCUT2D eigenvalue weighted by molar-refractivity contribution is -0.131. The third-order valence-corrected chi connectivity index (χ3v) is 3.67. The lowest BCUT2D eigenvalue weighted by Crippen LogP contribution is -2.42. The van der Waals surface area contributed by atoms with Crippen LogP contribution in [0.4, 0.5) is 0 Å². The van der Waals surface area contributed by atoms with Crippen molar-refractivity contribution in [2.45, 2.75) is 18.8 Å². The van der Waals surface area contributed by atoms with Crippen LogP contribution in [0.1, 0.15) is 18.9 Å². The standard InChI is InChI=1S/C15H16N2O4/c1-15(10-5-3-2-4-6-10)9-11(15)14(21)17-16-12(18)7-8-13(19)20/h2-8,11H,9H2,1H3,(H,16,18)(H,17,21)(H,19,20)/b8-7-/t11-,15-/m0/s1. The van der Waals surface area contributed by atoms with E-state index >= 15 is 0 Å². The quantitative estimate of drug-likeness (QED) is 0.563. The number of amides is 2. The minimum absolute atomic E-state index is 0.205. The van der Waals surface area contributed by atoms with Crippen LogP contribution in [0.5, 0.6) is 0 Å². The van der Waals surface area contributed by atoms with Gasteiger partial charge in [0.05, 0.1) is 0 Å². The highest BCUT2D eigenvalue weighted by molar-refractivity contribution is 5.95. The summed E-state index contributed by atoms with van der Waals surface area (Å²) in [5, 5.41) is 8.38. The van der Waals surface area contributed by atoms with Crippen molar-refractivity contribution in [1.82, 2.24) is 10.9 Å². The van der Waals surface area contributed by atoms with Crippen molar-refractivity contribution < 1.29 is 19.5 Å². The number of carbonyl (C=O) groups excluding carboxylic acids is 2. The van der Waals surface area contributed by atoms with E-state index in [1.165, 1.54) is 0 Å². The van der Waals surface area contributed by atoms with E-state index in [0.717, 1.165) is 11.6 Å². The second kappa shape index (κ2) is 5.78. The normalized spacial score (nSPS) is 23.6. The number of carboxylic acid groups (broad SMARTS) is 1. The predicted molar refractivity (Wildman–Crippen MR) is 75.0 cm³/mol. The van der Waals surface area contributed by atoms with Crippen LogP contribution in [0.15, 0.2) is 42.5 Å². The number of hydrazine groups is 1. The number of aliphatic carboxylic acids is 1. The molecule has 1 saturated carbocycles. The Hall–Kier alpha value is -2.63. The van der Waals surface area contributed by atoms with Crippen LogP contribution in [-0.4, -0.2) is 22.9 Å². The summed E-state index contributed by atoms with van der Waals surface area (Å²) in [6.45, 7) is 2.00. The summed E-state index contributed by atoms with van der Waals surface area (Å²) in [4.78, 5) is 33.5. The second-order valence-corrected chi connectivity index (χ2v) is 5.19. The molecule has 1 aromatic carbocycles. The summed E-state index contributed by atoms with van der Waals surface area (Å²) < 4.78 is 0. The smallest absolute Gasteiger partial charge is 0.328 e. The van der Waals surface area contributed by atoms with E-state index in [-0.39, 0.29) is 17.2 Å². The first kappa shape index (κ1) is 14.8. The summed E-state index contributed by atoms with van der Waals surface area (Å²) in [5.41, 5.74) is 5.34. The summed E-state index contributed by atoms with van der Waals surface area (Å²) in [6.07, 6.45) is 2.25. The average molecular weight is 288 g/mol. The molecule has 2 atom stereocenters. The fourth-order valence-corrected chi connectivity index (χ4v) is 2.28. The molecule has 1 aliphatic carbocycles. The minimum atomic E-state index is -1.23. The maximum absolute atomic E-state index is 12.0. The summed E-state index contributed by atoms with van der Waals surface area (Å²) in [5.74, 6) is -2.40. The predicted octanol–water partition coefficient (Wildman–Crippen LogP) is 0.752. The van der Waals surface area contributed by atoms with Crippen molar-refractivity contribution in [3.8, 4) is 0 Å². The van der Waals surface area contributed by atoms with Crippen LogP contribution in [0.3, 0.4) is 0 Å². The highest BCUT2D eigenvalue weighted by Gasteiger charge is 2.55. The second-order valence-electron chi connectivity index (χ2n) is 5.19. The van der Waals surface area contributed by atoms with Gasteiger partial charge in [-0.3, -0.25) is 20.4 Å². The fourth-order valence-electron chi connectivity index (χ4n) is 2.28. The molecule has 2 rings (SSSR count). The molecule has 0 spiro atoms. The van der Waals surface area contributed by atoms with E-state index in [9.17, 15) is 14.4 Å². The van der Waals surface area contributed by atoms with Gasteiger partial charge in [-0.2, -0.15) is 0 Å². The van der Waals surface area contributed by atoms with Gasteiger partial charge in [-0.1, -0.05) is 37.3 Å². The van der Waals surface area contributed by atoms with Crippen molar-refractivity contribution in [3.05, 3.63) is 48.0 Å². The zero-order valence-electron chi connectivity index (χ0n) is 11.5. The fraction of sp³-hybridized carbons (Fsp3) is 0.267. The lowest BCUT2D eigenvalue weighted by Gasteiger charge is -2.12. The molecule has 1 aromatic rings. The van der Waals surface area contributed by atoms with Crippen molar-refractivity contribution in [2.24, 2.45) is 5.92 Å². The number of carbonyl (C=O) groups is 3. The SMILES string of the molecule is C[C@@]1(c2ccccc2)C[C@H]1C(=O)NNC(=O)/C=C\C(=O)O. The first-order valence-electron chi connectivity index (χ1n) is 6.50. The van der Waals surface area contributed by atoms with Gasteiger partial charge in [0.25, 0.3) is 5.91 Å². The molecule has 6 nitrogen and oxygen atoms in total. The van der Waals surface area contributed by atoms with Gasteiger partial charge in [0.2, 0.25) is 5.91 Å². The molecule has 1 fully saturated rings. The molecule has 0 aliphatic heterocycles. The van der Waals surface area contributed by atoms with E-state index in [0.29, 0.717) is 12.5 Å². The van der Waals surface area contributed by atoms with E-state index in [2.05, 4.69) is 10.9 Å². The molecular weight excluding hydrogens is 272 g/mol. The van der Waals surface area contributed by atoms with Gasteiger partial charge in [-0.25, -0.2) is 4.79 Å². The van der Waals surface area contributed by atoms with Crippen molar-refractivity contribution >= 4 is 17.8 Å². The molecular formula is C15H16N2O4. The monoisotopic (exact) mass is 288 g/mol. The minimum Gasteiger partial charge on any atom is -0.478 e. The average Bonchev–Trinajstić information content (AvgIpc) is 3.17. The van der Waals surface area contributed by atoms with Crippen LogP contribution >= 0.6 is 0 Å². The maximum atomic E-state index is 12.0. The Labute approximate surface area is 121 Å². The lowest BCUT2D eigenvalue weighted by atomic mass is 9.95. The van der Waals surface area contributed by atoms with E-state index in [1.54, 1.807) is 0 Å². The first-order chi connectivity index (χ1) is 9.93. The van der Waals surface area contributed by atoms with Crippen molar-refractivity contribution in [2.75, 3.05) is 0 Å². The molecule has 6 heteroatoms. The van der Waals surface area contributed by atoms with Crippen LogP contribution in [-0.2, 0) is 19.8 Å². The molecule has 0 heterocycles. The Morgan fingerprint density at radius 3 is 2.48 bits per heavy atom. The number of carboxylic acids is 1. The Balaban J connectivity index is 1.86. The van der Waals surface area contributed by atoms with Gasteiger partial charge in [-0.05, 0) is 12.0 Å². The number of rotatable bonds is 4. The summed E-state index contributed by atoms with van der Waals surface area (Å²) in [6, 6.07) is 9.71. The van der Waals surface area contributed by atoms with E-state index in [1.807, 2.05) is 37.3 Å². The number of nitrogens with one attached hydrogen (secondary N) is 2. The third-order valence-electron chi connectivity index (χ3n) is 3.67. The zero-order chi connectivity index (χ0) is 15.5. The Morgan fingerprint density at radius 2 is 1.86 bits per heavy atom. The summed E-state index contributed by atoms with van der Waals surface area (Å²) >= 11 is 0. The Bertz CT molecular complexity index is 597. The zero-order valence-corrected chi connectivity index (χ0v) is 11.5. The maximum Gasteiger partial charge on any atom is 0.328 e. The van der Waals surface area contributed by atoms with E-state index < -0.39 is 11.9 Å².